The van der Waals surface area contributed by atoms with Gasteiger partial charge in [0.25, 0.3) is 0 Å². The Hall–Kier alpha value is -1.91. The molecule has 5 heteroatoms. The second-order valence-corrected chi connectivity index (χ2v) is 5.46. The van der Waals surface area contributed by atoms with Crippen molar-refractivity contribution in [2.24, 2.45) is 5.92 Å². The van der Waals surface area contributed by atoms with Crippen LogP contribution in [-0.2, 0) is 9.59 Å². The fourth-order valence-electron chi connectivity index (χ4n) is 2.38. The van der Waals surface area contributed by atoms with Crippen LogP contribution in [0.1, 0.15) is 57.6 Å². The largest absolute Gasteiger partial charge is 0.481 e. The van der Waals surface area contributed by atoms with Crippen LogP contribution in [0, 0.1) is 11.7 Å². The van der Waals surface area contributed by atoms with E-state index in [1.54, 1.807) is 0 Å². The lowest BCUT2D eigenvalue weighted by Crippen LogP contribution is -2.35. The SMILES string of the molecule is CCCCC(CC)C(=O)NC(CC(=O)O)c1ccc(F)cc1. The smallest absolute Gasteiger partial charge is 0.305 e. The van der Waals surface area contributed by atoms with Gasteiger partial charge in [-0.2, -0.15) is 0 Å². The van der Waals surface area contributed by atoms with Crippen LogP contribution in [0.5, 0.6) is 0 Å². The molecule has 0 radical (unpaired) electrons. The van der Waals surface area contributed by atoms with E-state index in [0.29, 0.717) is 5.56 Å². The number of benzene rings is 1. The normalized spacial score (nSPS) is 13.4. The molecule has 0 heterocycles. The Labute approximate surface area is 130 Å². The highest BCUT2D eigenvalue weighted by atomic mass is 19.1. The first-order valence-electron chi connectivity index (χ1n) is 7.75. The maximum absolute atomic E-state index is 13.0. The van der Waals surface area contributed by atoms with E-state index in [-0.39, 0.29) is 18.2 Å². The molecule has 0 fully saturated rings. The van der Waals surface area contributed by atoms with Gasteiger partial charge in [-0.25, -0.2) is 4.39 Å². The number of nitrogens with one attached hydrogen (secondary N) is 1. The molecule has 2 N–H and O–H groups in total. The summed E-state index contributed by atoms with van der Waals surface area (Å²) < 4.78 is 13.0. The Balaban J connectivity index is 2.81. The maximum atomic E-state index is 13.0. The van der Waals surface area contributed by atoms with Crippen LogP contribution in [0.25, 0.3) is 0 Å². The predicted octanol–water partition coefficient (Wildman–Crippen LogP) is 3.67. The Bertz CT molecular complexity index is 487. The average Bonchev–Trinajstić information content (AvgIpc) is 2.47. The summed E-state index contributed by atoms with van der Waals surface area (Å²) in [6, 6.07) is 4.92. The van der Waals surface area contributed by atoms with E-state index in [1.807, 2.05) is 6.92 Å². The molecule has 0 aliphatic carbocycles. The van der Waals surface area contributed by atoms with Crippen molar-refractivity contribution in [1.82, 2.24) is 5.32 Å². The molecule has 1 aromatic carbocycles. The number of carbonyl (C=O) groups excluding carboxylic acids is 1. The van der Waals surface area contributed by atoms with Gasteiger partial charge < -0.3 is 10.4 Å². The van der Waals surface area contributed by atoms with Crippen molar-refractivity contribution in [3.05, 3.63) is 35.6 Å². The Morgan fingerprint density at radius 1 is 1.23 bits per heavy atom. The first-order valence-corrected chi connectivity index (χ1v) is 7.75. The molecule has 0 bridgehead atoms. The van der Waals surface area contributed by atoms with Gasteiger partial charge >= 0.3 is 5.97 Å². The van der Waals surface area contributed by atoms with Crippen LogP contribution in [0.4, 0.5) is 4.39 Å². The van der Waals surface area contributed by atoms with E-state index < -0.39 is 17.8 Å². The zero-order valence-corrected chi connectivity index (χ0v) is 13.1. The third kappa shape index (κ3) is 5.84. The summed E-state index contributed by atoms with van der Waals surface area (Å²) in [5.74, 6) is -1.64. The summed E-state index contributed by atoms with van der Waals surface area (Å²) in [6.45, 7) is 4.01. The molecule has 0 saturated carbocycles. The second-order valence-electron chi connectivity index (χ2n) is 5.46. The van der Waals surface area contributed by atoms with Gasteiger partial charge in [-0.3, -0.25) is 9.59 Å². The van der Waals surface area contributed by atoms with Crippen LogP contribution in [-0.4, -0.2) is 17.0 Å². The van der Waals surface area contributed by atoms with Crippen LogP contribution < -0.4 is 5.32 Å². The number of aliphatic carboxylic acids is 1. The summed E-state index contributed by atoms with van der Waals surface area (Å²) in [4.78, 5) is 23.4. The van der Waals surface area contributed by atoms with Crippen LogP contribution in [0.15, 0.2) is 24.3 Å². The summed E-state index contributed by atoms with van der Waals surface area (Å²) in [5, 5.41) is 11.8. The molecule has 2 unspecified atom stereocenters. The van der Waals surface area contributed by atoms with Gasteiger partial charge in [0.15, 0.2) is 0 Å². The van der Waals surface area contributed by atoms with E-state index >= 15 is 0 Å². The first-order chi connectivity index (χ1) is 10.5. The first kappa shape index (κ1) is 18.1. The zero-order valence-electron chi connectivity index (χ0n) is 13.1. The zero-order chi connectivity index (χ0) is 16.5. The summed E-state index contributed by atoms with van der Waals surface area (Å²) in [5.41, 5.74) is 0.600. The summed E-state index contributed by atoms with van der Waals surface area (Å²) >= 11 is 0. The maximum Gasteiger partial charge on any atom is 0.305 e. The van der Waals surface area contributed by atoms with Gasteiger partial charge in [-0.05, 0) is 30.5 Å². The van der Waals surface area contributed by atoms with Gasteiger partial charge in [0.05, 0.1) is 12.5 Å². The average molecular weight is 309 g/mol. The van der Waals surface area contributed by atoms with Crippen LogP contribution in [0.3, 0.4) is 0 Å². The minimum atomic E-state index is -1.00. The Morgan fingerprint density at radius 3 is 2.36 bits per heavy atom. The lowest BCUT2D eigenvalue weighted by atomic mass is 9.96. The Kier molecular flexibility index (Phi) is 7.57. The molecule has 22 heavy (non-hydrogen) atoms. The lowest BCUT2D eigenvalue weighted by molar-refractivity contribution is -0.138. The molecule has 1 aromatic rings. The third-order valence-electron chi connectivity index (χ3n) is 3.74. The van der Waals surface area contributed by atoms with Crippen molar-refractivity contribution < 1.29 is 19.1 Å². The number of unbranched alkanes of at least 4 members (excludes halogenated alkanes) is 1. The molecule has 2 atom stereocenters. The minimum absolute atomic E-state index is 0.114. The van der Waals surface area contributed by atoms with Crippen LogP contribution in [0.2, 0.25) is 0 Å². The second kappa shape index (κ2) is 9.18. The van der Waals surface area contributed by atoms with Crippen molar-refractivity contribution in [3.63, 3.8) is 0 Å². The molecule has 0 spiro atoms. The van der Waals surface area contributed by atoms with E-state index in [9.17, 15) is 14.0 Å². The third-order valence-corrected chi connectivity index (χ3v) is 3.74. The number of amides is 1. The van der Waals surface area contributed by atoms with E-state index in [2.05, 4.69) is 12.2 Å². The number of carboxylic acids is 1. The molecule has 0 aliphatic rings. The van der Waals surface area contributed by atoms with Crippen molar-refractivity contribution in [2.75, 3.05) is 0 Å². The number of carboxylic acid groups (broad SMARTS) is 1. The number of hydrogen-bond donors (Lipinski definition) is 2. The molecule has 1 rings (SSSR count). The van der Waals surface area contributed by atoms with Crippen LogP contribution >= 0.6 is 0 Å². The number of hydrogen-bond acceptors (Lipinski definition) is 2. The lowest BCUT2D eigenvalue weighted by Gasteiger charge is -2.21. The van der Waals surface area contributed by atoms with Gasteiger partial charge in [-0.15, -0.1) is 0 Å². The predicted molar refractivity (Wildman–Crippen MR) is 82.8 cm³/mol. The molecule has 1 amide bonds. The molecular weight excluding hydrogens is 285 g/mol. The highest BCUT2D eigenvalue weighted by molar-refractivity contribution is 5.80. The molecule has 122 valence electrons. The quantitative estimate of drug-likeness (QED) is 0.731. The van der Waals surface area contributed by atoms with E-state index in [1.165, 1.54) is 24.3 Å². The van der Waals surface area contributed by atoms with Gasteiger partial charge in [-0.1, -0.05) is 38.8 Å². The topological polar surface area (TPSA) is 66.4 Å². The molecule has 0 saturated heterocycles. The van der Waals surface area contributed by atoms with Gasteiger partial charge in [0.2, 0.25) is 5.91 Å². The number of carbonyl (C=O) groups is 2. The van der Waals surface area contributed by atoms with Crippen molar-refractivity contribution >= 4 is 11.9 Å². The Morgan fingerprint density at radius 2 is 1.86 bits per heavy atom. The number of halogens is 1. The highest BCUT2D eigenvalue weighted by Gasteiger charge is 2.22. The summed E-state index contributed by atoms with van der Waals surface area (Å²) in [6.07, 6.45) is 3.27. The molecule has 4 nitrogen and oxygen atoms in total. The van der Waals surface area contributed by atoms with Gasteiger partial charge in [0, 0.05) is 5.92 Å². The van der Waals surface area contributed by atoms with Crippen molar-refractivity contribution in [2.45, 2.75) is 52.0 Å². The molecule has 0 aromatic heterocycles. The highest BCUT2D eigenvalue weighted by Crippen LogP contribution is 2.20. The van der Waals surface area contributed by atoms with E-state index in [0.717, 1.165) is 25.7 Å². The minimum Gasteiger partial charge on any atom is -0.481 e. The molecular formula is C17H24FNO3. The standard InChI is InChI=1S/C17H24FNO3/c1-3-5-6-12(4-2)17(22)19-15(11-16(20)21)13-7-9-14(18)10-8-13/h7-10,12,15H,3-6,11H2,1-2H3,(H,19,22)(H,20,21). The molecule has 0 aliphatic heterocycles. The van der Waals surface area contributed by atoms with Crippen molar-refractivity contribution in [3.8, 4) is 0 Å². The monoisotopic (exact) mass is 309 g/mol. The fourth-order valence-corrected chi connectivity index (χ4v) is 2.38. The summed E-state index contributed by atoms with van der Waals surface area (Å²) in [7, 11) is 0. The van der Waals surface area contributed by atoms with Gasteiger partial charge in [0.1, 0.15) is 5.82 Å². The van der Waals surface area contributed by atoms with E-state index in [4.69, 9.17) is 5.11 Å². The fraction of sp³-hybridized carbons (Fsp3) is 0.529. The van der Waals surface area contributed by atoms with Crippen molar-refractivity contribution in [1.29, 1.82) is 0 Å². The number of rotatable bonds is 9.